The van der Waals surface area contributed by atoms with Gasteiger partial charge in [0.05, 0.1) is 0 Å². The van der Waals surface area contributed by atoms with Crippen LogP contribution in [0.15, 0.2) is 176 Å². The zero-order chi connectivity index (χ0) is 32.3. The van der Waals surface area contributed by atoms with Gasteiger partial charge in [-0.25, -0.2) is 0 Å². The van der Waals surface area contributed by atoms with Crippen LogP contribution < -0.4 is 4.90 Å². The third kappa shape index (κ3) is 4.74. The molecule has 0 fully saturated rings. The summed E-state index contributed by atoms with van der Waals surface area (Å²) in [7, 11) is 0. The molecule has 0 aliphatic heterocycles. The van der Waals surface area contributed by atoms with Gasteiger partial charge >= 0.3 is 0 Å². The van der Waals surface area contributed by atoms with Gasteiger partial charge in [0.15, 0.2) is 0 Å². The van der Waals surface area contributed by atoms with Gasteiger partial charge in [-0.1, -0.05) is 121 Å². The molecule has 0 amide bonds. The molecular formula is C46H29NS2. The monoisotopic (exact) mass is 659 g/mol. The number of benzene rings is 8. The van der Waals surface area contributed by atoms with Gasteiger partial charge < -0.3 is 4.90 Å². The maximum absolute atomic E-state index is 2.36. The van der Waals surface area contributed by atoms with Crippen molar-refractivity contribution in [1.29, 1.82) is 0 Å². The summed E-state index contributed by atoms with van der Waals surface area (Å²) in [5.74, 6) is 0. The minimum absolute atomic E-state index is 1.13. The van der Waals surface area contributed by atoms with Gasteiger partial charge in [-0.15, -0.1) is 22.7 Å². The number of anilines is 3. The molecule has 49 heavy (non-hydrogen) atoms. The van der Waals surface area contributed by atoms with Crippen LogP contribution in [0.1, 0.15) is 0 Å². The molecule has 0 N–H and O–H groups in total. The first-order chi connectivity index (χ1) is 24.3. The van der Waals surface area contributed by atoms with E-state index in [0.29, 0.717) is 0 Å². The van der Waals surface area contributed by atoms with Gasteiger partial charge in [0.1, 0.15) is 0 Å². The van der Waals surface area contributed by atoms with Gasteiger partial charge in [-0.05, 0) is 87.6 Å². The zero-order valence-corrected chi connectivity index (χ0v) is 28.1. The molecule has 0 spiro atoms. The van der Waals surface area contributed by atoms with Crippen molar-refractivity contribution in [2.24, 2.45) is 0 Å². The molecule has 2 aromatic heterocycles. The Morgan fingerprint density at radius 2 is 0.918 bits per heavy atom. The lowest BCUT2D eigenvalue weighted by atomic mass is 10.0. The minimum Gasteiger partial charge on any atom is -0.311 e. The number of para-hydroxylation sites is 1. The fourth-order valence-corrected chi connectivity index (χ4v) is 9.73. The number of hydrogen-bond donors (Lipinski definition) is 0. The average Bonchev–Trinajstić information content (AvgIpc) is 3.75. The minimum atomic E-state index is 1.13. The molecule has 230 valence electrons. The summed E-state index contributed by atoms with van der Waals surface area (Å²) < 4.78 is 5.37. The summed E-state index contributed by atoms with van der Waals surface area (Å²) in [5, 5.41) is 7.94. The molecule has 0 unspecified atom stereocenters. The van der Waals surface area contributed by atoms with Crippen LogP contribution in [0.25, 0.3) is 73.4 Å². The van der Waals surface area contributed by atoms with E-state index in [4.69, 9.17) is 0 Å². The lowest BCUT2D eigenvalue weighted by molar-refractivity contribution is 1.28. The molecular weight excluding hydrogens is 631 g/mol. The van der Waals surface area contributed by atoms with Gasteiger partial charge in [0, 0.05) is 57.4 Å². The Labute approximate surface area is 292 Å². The van der Waals surface area contributed by atoms with E-state index in [1.165, 1.54) is 73.4 Å². The van der Waals surface area contributed by atoms with Crippen LogP contribution in [-0.2, 0) is 0 Å². The smallest absolute Gasteiger partial charge is 0.0462 e. The number of thiophene rings is 2. The van der Waals surface area contributed by atoms with E-state index in [0.717, 1.165) is 17.1 Å². The second-order valence-electron chi connectivity index (χ2n) is 12.5. The quantitative estimate of drug-likeness (QED) is 0.178. The van der Waals surface area contributed by atoms with E-state index < -0.39 is 0 Å². The van der Waals surface area contributed by atoms with E-state index in [-0.39, 0.29) is 0 Å². The van der Waals surface area contributed by atoms with Gasteiger partial charge in [0.25, 0.3) is 0 Å². The van der Waals surface area contributed by atoms with Gasteiger partial charge in [0.2, 0.25) is 0 Å². The molecule has 10 aromatic rings. The van der Waals surface area contributed by atoms with Crippen molar-refractivity contribution < 1.29 is 0 Å². The van der Waals surface area contributed by atoms with Crippen molar-refractivity contribution in [3.05, 3.63) is 176 Å². The molecule has 0 aliphatic rings. The lowest BCUT2D eigenvalue weighted by Crippen LogP contribution is -2.09. The highest BCUT2D eigenvalue weighted by Crippen LogP contribution is 2.43. The summed E-state index contributed by atoms with van der Waals surface area (Å²) in [6, 6.07) is 64.2. The van der Waals surface area contributed by atoms with E-state index in [9.17, 15) is 0 Å². The number of rotatable bonds is 5. The molecule has 1 nitrogen and oxygen atoms in total. The van der Waals surface area contributed by atoms with Gasteiger partial charge in [-0.2, -0.15) is 0 Å². The molecule has 8 aromatic carbocycles. The predicted octanol–water partition coefficient (Wildman–Crippen LogP) is 14.4. The Hall–Kier alpha value is -5.74. The Morgan fingerprint density at radius 1 is 0.327 bits per heavy atom. The Bertz CT molecular complexity index is 2810. The number of nitrogens with zero attached hydrogens (tertiary/aromatic N) is 1. The molecule has 0 radical (unpaired) electrons. The molecule has 0 atom stereocenters. The molecule has 10 rings (SSSR count). The van der Waals surface area contributed by atoms with Crippen LogP contribution in [0, 0.1) is 0 Å². The highest BCUT2D eigenvalue weighted by atomic mass is 32.1. The SMILES string of the molecule is c1ccc(N(c2ccc(-c3ccc4sc5c6ccccc6ccc5c4c3)cc2)c2ccc(-c3cccc4c3sc3ccccc34)cc2)cc1. The predicted molar refractivity (Wildman–Crippen MR) is 215 cm³/mol. The van der Waals surface area contributed by atoms with E-state index in [1.807, 2.05) is 22.7 Å². The first-order valence-corrected chi connectivity index (χ1v) is 18.2. The largest absolute Gasteiger partial charge is 0.311 e. The first kappa shape index (κ1) is 28.3. The van der Waals surface area contributed by atoms with Crippen LogP contribution in [0.3, 0.4) is 0 Å². The number of fused-ring (bicyclic) bond motifs is 8. The fraction of sp³-hybridized carbons (Fsp3) is 0. The van der Waals surface area contributed by atoms with Crippen molar-refractivity contribution in [1.82, 2.24) is 0 Å². The molecule has 3 heteroatoms. The standard InChI is InChI=1S/C46H29NS2/c1-2-10-34(11-3-1)47(36-25-19-32(20-26-36)38-14-8-15-40-39-13-6-7-16-43(39)48-45(38)40)35-23-17-30(18-24-35)33-22-28-44-42(29-33)41-27-21-31-9-4-5-12-37(31)46(41)49-44/h1-29H. The Morgan fingerprint density at radius 3 is 1.73 bits per heavy atom. The van der Waals surface area contributed by atoms with E-state index >= 15 is 0 Å². The Kier molecular flexibility index (Phi) is 6.61. The maximum Gasteiger partial charge on any atom is 0.0462 e. The lowest BCUT2D eigenvalue weighted by Gasteiger charge is -2.26. The third-order valence-electron chi connectivity index (χ3n) is 9.68. The second-order valence-corrected chi connectivity index (χ2v) is 14.6. The molecule has 2 heterocycles. The van der Waals surface area contributed by atoms with Crippen molar-refractivity contribution in [3.63, 3.8) is 0 Å². The molecule has 0 aliphatic carbocycles. The normalized spacial score (nSPS) is 11.7. The van der Waals surface area contributed by atoms with Crippen LogP contribution in [0.5, 0.6) is 0 Å². The topological polar surface area (TPSA) is 3.24 Å². The summed E-state index contributed by atoms with van der Waals surface area (Å²) in [6.07, 6.45) is 0. The molecule has 0 bridgehead atoms. The Balaban J connectivity index is 1.02. The fourth-order valence-electron chi connectivity index (χ4n) is 7.28. The summed E-state index contributed by atoms with van der Waals surface area (Å²) in [4.78, 5) is 2.34. The summed E-state index contributed by atoms with van der Waals surface area (Å²) >= 11 is 3.77. The van der Waals surface area contributed by atoms with E-state index in [2.05, 4.69) is 181 Å². The van der Waals surface area contributed by atoms with Crippen molar-refractivity contribution in [2.45, 2.75) is 0 Å². The van der Waals surface area contributed by atoms with Crippen LogP contribution in [0.2, 0.25) is 0 Å². The highest BCUT2D eigenvalue weighted by Gasteiger charge is 2.15. The van der Waals surface area contributed by atoms with Crippen LogP contribution >= 0.6 is 22.7 Å². The summed E-state index contributed by atoms with van der Waals surface area (Å²) in [5.41, 5.74) is 8.35. The molecule has 0 saturated carbocycles. The van der Waals surface area contributed by atoms with Crippen molar-refractivity contribution in [2.75, 3.05) is 4.90 Å². The van der Waals surface area contributed by atoms with Gasteiger partial charge in [-0.3, -0.25) is 0 Å². The van der Waals surface area contributed by atoms with Crippen molar-refractivity contribution in [3.8, 4) is 22.3 Å². The second kappa shape index (κ2) is 11.5. The third-order valence-corrected chi connectivity index (χ3v) is 12.1. The summed E-state index contributed by atoms with van der Waals surface area (Å²) in [6.45, 7) is 0. The average molecular weight is 660 g/mol. The number of hydrogen-bond acceptors (Lipinski definition) is 3. The highest BCUT2D eigenvalue weighted by molar-refractivity contribution is 7.27. The van der Waals surface area contributed by atoms with Crippen molar-refractivity contribution >= 4 is 90.9 Å². The zero-order valence-electron chi connectivity index (χ0n) is 26.5. The van der Waals surface area contributed by atoms with E-state index in [1.54, 1.807) is 0 Å². The molecule has 0 saturated heterocycles. The van der Waals surface area contributed by atoms with Crippen LogP contribution in [0.4, 0.5) is 17.1 Å². The van der Waals surface area contributed by atoms with Crippen LogP contribution in [-0.4, -0.2) is 0 Å². The first-order valence-electron chi connectivity index (χ1n) is 16.6. The maximum atomic E-state index is 2.36.